The third-order valence-corrected chi connectivity index (χ3v) is 5.50. The van der Waals surface area contributed by atoms with Gasteiger partial charge in [0.1, 0.15) is 0 Å². The highest BCUT2D eigenvalue weighted by Gasteiger charge is 2.28. The summed E-state index contributed by atoms with van der Waals surface area (Å²) in [6.07, 6.45) is 5.29. The van der Waals surface area contributed by atoms with Gasteiger partial charge in [-0.2, -0.15) is 0 Å². The van der Waals surface area contributed by atoms with Crippen molar-refractivity contribution in [3.05, 3.63) is 63.6 Å². The van der Waals surface area contributed by atoms with Gasteiger partial charge in [0.15, 0.2) is 13.5 Å². The third-order valence-electron chi connectivity index (χ3n) is 5.50. The van der Waals surface area contributed by atoms with E-state index in [1.807, 2.05) is 6.92 Å². The average molecular weight is 369 g/mol. The van der Waals surface area contributed by atoms with Gasteiger partial charge >= 0.3 is 0 Å². The highest BCUT2D eigenvalue weighted by Crippen LogP contribution is 2.41. The number of fused-ring (bicyclic) bond motifs is 3. The van der Waals surface area contributed by atoms with Crippen molar-refractivity contribution >= 4 is 42.0 Å². The molecule has 2 heterocycles. The summed E-state index contributed by atoms with van der Waals surface area (Å²) in [5.74, 6) is 0. The molecule has 2 aliphatic rings. The fraction of sp³-hybridized carbons (Fsp3) is 0.292. The van der Waals surface area contributed by atoms with E-state index in [0.717, 1.165) is 23.5 Å². The molecule has 4 rings (SSSR count). The van der Waals surface area contributed by atoms with Crippen LogP contribution < -0.4 is 10.8 Å². The SMILES string of the molecule is COC1Nc2c3c(c(C)c(/C=C(\C)Cc4ccccc4)c2N=C1C)[B]C(C)=C3. The lowest BCUT2D eigenvalue weighted by atomic mass is 9.65. The van der Waals surface area contributed by atoms with Crippen LogP contribution in [0.15, 0.2) is 46.4 Å². The molecule has 28 heavy (non-hydrogen) atoms. The Morgan fingerprint density at radius 1 is 1.21 bits per heavy atom. The molecule has 0 aliphatic carbocycles. The highest BCUT2D eigenvalue weighted by molar-refractivity contribution is 6.66. The molecular weight excluding hydrogens is 343 g/mol. The van der Waals surface area contributed by atoms with Crippen molar-refractivity contribution in [2.24, 2.45) is 4.99 Å². The largest absolute Gasteiger partial charge is 0.356 e. The van der Waals surface area contributed by atoms with Crippen molar-refractivity contribution in [2.45, 2.75) is 40.3 Å². The molecule has 141 valence electrons. The number of hydrogen-bond donors (Lipinski definition) is 1. The van der Waals surface area contributed by atoms with E-state index in [2.05, 4.69) is 75.9 Å². The van der Waals surface area contributed by atoms with Crippen molar-refractivity contribution < 1.29 is 4.74 Å². The minimum absolute atomic E-state index is 0.184. The van der Waals surface area contributed by atoms with Crippen LogP contribution in [0.1, 0.15) is 43.0 Å². The summed E-state index contributed by atoms with van der Waals surface area (Å²) in [5.41, 5.74) is 11.9. The predicted molar refractivity (Wildman–Crippen MR) is 121 cm³/mol. The molecule has 4 heteroatoms. The van der Waals surface area contributed by atoms with Gasteiger partial charge in [0.25, 0.3) is 0 Å². The maximum atomic E-state index is 5.59. The van der Waals surface area contributed by atoms with Crippen molar-refractivity contribution in [2.75, 3.05) is 12.4 Å². The van der Waals surface area contributed by atoms with E-state index in [9.17, 15) is 0 Å². The van der Waals surface area contributed by atoms with Crippen molar-refractivity contribution in [1.82, 2.24) is 0 Å². The number of allylic oxidation sites excluding steroid dienone is 2. The van der Waals surface area contributed by atoms with Crippen molar-refractivity contribution in [3.63, 3.8) is 0 Å². The number of methoxy groups -OCH3 is 1. The number of benzene rings is 2. The first-order chi connectivity index (χ1) is 13.5. The normalized spacial score (nSPS) is 17.9. The number of rotatable bonds is 4. The summed E-state index contributed by atoms with van der Waals surface area (Å²) in [6.45, 7) is 8.57. The monoisotopic (exact) mass is 369 g/mol. The molecule has 0 aromatic heterocycles. The molecule has 1 radical (unpaired) electrons. The van der Waals surface area contributed by atoms with Gasteiger partial charge in [-0.3, -0.25) is 4.99 Å². The molecule has 0 saturated heterocycles. The first kappa shape index (κ1) is 18.8. The van der Waals surface area contributed by atoms with Gasteiger partial charge < -0.3 is 10.1 Å². The molecule has 0 fully saturated rings. The Bertz CT molecular complexity index is 1020. The van der Waals surface area contributed by atoms with Gasteiger partial charge in [-0.25, -0.2) is 0 Å². The van der Waals surface area contributed by atoms with Crippen LogP contribution in [0.2, 0.25) is 0 Å². The summed E-state index contributed by atoms with van der Waals surface area (Å²) in [7, 11) is 3.98. The third kappa shape index (κ3) is 3.33. The van der Waals surface area contributed by atoms with E-state index in [0.29, 0.717) is 0 Å². The molecule has 0 bridgehead atoms. The number of nitrogens with one attached hydrogen (secondary N) is 1. The fourth-order valence-corrected chi connectivity index (χ4v) is 4.11. The quantitative estimate of drug-likeness (QED) is 0.783. The van der Waals surface area contributed by atoms with Crippen LogP contribution in [0, 0.1) is 6.92 Å². The molecular formula is C24H26BN2O. The molecule has 1 atom stereocenters. The van der Waals surface area contributed by atoms with E-state index in [1.54, 1.807) is 7.11 Å². The van der Waals surface area contributed by atoms with Crippen LogP contribution in [0.4, 0.5) is 11.4 Å². The molecule has 1 unspecified atom stereocenters. The summed E-state index contributed by atoms with van der Waals surface area (Å²) in [4.78, 5) is 4.96. The lowest BCUT2D eigenvalue weighted by Gasteiger charge is -2.28. The second-order valence-corrected chi connectivity index (χ2v) is 7.79. The maximum absolute atomic E-state index is 5.59. The molecule has 0 amide bonds. The molecule has 2 aromatic carbocycles. The molecule has 2 aliphatic heterocycles. The Morgan fingerprint density at radius 3 is 2.68 bits per heavy atom. The first-order valence-corrected chi connectivity index (χ1v) is 9.77. The fourth-order valence-electron chi connectivity index (χ4n) is 4.11. The summed E-state index contributed by atoms with van der Waals surface area (Å²) >= 11 is 0. The summed E-state index contributed by atoms with van der Waals surface area (Å²) in [5, 5.41) is 3.56. The minimum atomic E-state index is -0.184. The second kappa shape index (κ2) is 7.44. The smallest absolute Gasteiger partial charge is 0.186 e. The standard InChI is InChI=1S/C24H26BN2O/c1-14(11-18-9-7-6-8-10-18)12-19-16(3)21-20(13-15(2)25-21)23-22(19)26-17(4)24(27-23)28-5/h6-10,12-13,24,27H,11H2,1-5H3/b14-12+. The van der Waals surface area contributed by atoms with Crippen molar-refractivity contribution in [3.8, 4) is 0 Å². The Morgan fingerprint density at radius 2 is 1.96 bits per heavy atom. The number of anilines is 1. The van der Waals surface area contributed by atoms with Crippen molar-refractivity contribution in [1.29, 1.82) is 0 Å². The summed E-state index contributed by atoms with van der Waals surface area (Å²) in [6, 6.07) is 10.6. The number of ether oxygens (including phenoxy) is 1. The summed E-state index contributed by atoms with van der Waals surface area (Å²) < 4.78 is 5.59. The molecule has 2 aromatic rings. The maximum Gasteiger partial charge on any atom is 0.186 e. The van der Waals surface area contributed by atoms with Gasteiger partial charge in [-0.1, -0.05) is 60.4 Å². The molecule has 0 saturated carbocycles. The van der Waals surface area contributed by atoms with Gasteiger partial charge in [0.05, 0.1) is 17.1 Å². The minimum Gasteiger partial charge on any atom is -0.356 e. The van der Waals surface area contributed by atoms with Crippen LogP contribution in [0.25, 0.3) is 12.2 Å². The Kier molecular flexibility index (Phi) is 4.99. The zero-order valence-electron chi connectivity index (χ0n) is 17.3. The molecule has 3 nitrogen and oxygen atoms in total. The highest BCUT2D eigenvalue weighted by atomic mass is 16.5. The van der Waals surface area contributed by atoms with Crippen LogP contribution >= 0.6 is 0 Å². The van der Waals surface area contributed by atoms with Gasteiger partial charge in [0, 0.05) is 12.7 Å². The van der Waals surface area contributed by atoms with E-state index >= 15 is 0 Å². The lowest BCUT2D eigenvalue weighted by molar-refractivity contribution is 0.176. The Labute approximate surface area is 168 Å². The Balaban J connectivity index is 1.84. The lowest BCUT2D eigenvalue weighted by Crippen LogP contribution is -2.33. The topological polar surface area (TPSA) is 33.6 Å². The number of nitrogens with zero attached hydrogens (tertiary/aromatic N) is 1. The second-order valence-electron chi connectivity index (χ2n) is 7.79. The van der Waals surface area contributed by atoms with Crippen LogP contribution in [-0.2, 0) is 11.2 Å². The van der Waals surface area contributed by atoms with E-state index in [-0.39, 0.29) is 6.23 Å². The zero-order chi connectivity index (χ0) is 19.8. The molecule has 0 spiro atoms. The number of hydrogen-bond acceptors (Lipinski definition) is 3. The van der Waals surface area contributed by atoms with E-state index in [4.69, 9.17) is 9.73 Å². The molecule has 1 N–H and O–H groups in total. The Hall–Kier alpha value is -2.59. The van der Waals surface area contributed by atoms with E-state index in [1.165, 1.54) is 38.8 Å². The average Bonchev–Trinajstić information content (AvgIpc) is 3.07. The number of aliphatic imine (C=N–C) groups is 1. The van der Waals surface area contributed by atoms with Gasteiger partial charge in [-0.15, -0.1) is 5.47 Å². The van der Waals surface area contributed by atoms with Crippen LogP contribution in [0.3, 0.4) is 0 Å². The van der Waals surface area contributed by atoms with Gasteiger partial charge in [-0.05, 0) is 43.9 Å². The van der Waals surface area contributed by atoms with Crippen LogP contribution in [0.5, 0.6) is 0 Å². The van der Waals surface area contributed by atoms with E-state index < -0.39 is 0 Å². The van der Waals surface area contributed by atoms with Crippen LogP contribution in [-0.4, -0.2) is 26.3 Å². The first-order valence-electron chi connectivity index (χ1n) is 9.77. The zero-order valence-corrected chi connectivity index (χ0v) is 17.3. The predicted octanol–water partition coefficient (Wildman–Crippen LogP) is 4.84. The van der Waals surface area contributed by atoms with Gasteiger partial charge in [0.2, 0.25) is 0 Å².